The lowest BCUT2D eigenvalue weighted by atomic mass is 10.0. The minimum Gasteiger partial charge on any atom is -0.385 e. The molecule has 0 unspecified atom stereocenters. The van der Waals surface area contributed by atoms with Crippen LogP contribution in [0.2, 0.25) is 0 Å². The monoisotopic (exact) mass is 237 g/mol. The number of methoxy groups -OCH3 is 1. The van der Waals surface area contributed by atoms with Gasteiger partial charge in [0.1, 0.15) is 0 Å². The van der Waals surface area contributed by atoms with Gasteiger partial charge in [-0.2, -0.15) is 5.10 Å². The van der Waals surface area contributed by atoms with Crippen molar-refractivity contribution in [3.63, 3.8) is 0 Å². The van der Waals surface area contributed by atoms with E-state index in [-0.39, 0.29) is 0 Å². The van der Waals surface area contributed by atoms with Crippen LogP contribution in [0.15, 0.2) is 12.4 Å². The van der Waals surface area contributed by atoms with Gasteiger partial charge in [0, 0.05) is 33.5 Å². The third kappa shape index (κ3) is 3.82. The highest BCUT2D eigenvalue weighted by Crippen LogP contribution is 2.48. The maximum Gasteiger partial charge on any atom is 0.0522 e. The molecule has 0 aliphatic heterocycles. The van der Waals surface area contributed by atoms with E-state index in [1.165, 1.54) is 24.8 Å². The maximum atomic E-state index is 5.16. The van der Waals surface area contributed by atoms with Gasteiger partial charge in [-0.15, -0.1) is 0 Å². The highest BCUT2D eigenvalue weighted by molar-refractivity contribution is 5.04. The smallest absolute Gasteiger partial charge is 0.0522 e. The average Bonchev–Trinajstić information content (AvgIpc) is 2.98. The Morgan fingerprint density at radius 3 is 2.94 bits per heavy atom. The normalized spacial score (nSPS) is 17.3. The van der Waals surface area contributed by atoms with Crippen LogP contribution < -0.4 is 5.32 Å². The Morgan fingerprint density at radius 1 is 1.53 bits per heavy atom. The lowest BCUT2D eigenvalue weighted by Crippen LogP contribution is -2.26. The molecule has 1 fully saturated rings. The van der Waals surface area contributed by atoms with Gasteiger partial charge < -0.3 is 10.1 Å². The maximum absolute atomic E-state index is 5.16. The fourth-order valence-electron chi connectivity index (χ4n) is 2.20. The summed E-state index contributed by atoms with van der Waals surface area (Å²) in [5, 5.41) is 7.73. The van der Waals surface area contributed by atoms with Crippen LogP contribution in [-0.2, 0) is 18.2 Å². The highest BCUT2D eigenvalue weighted by Gasteiger charge is 2.41. The molecule has 1 N–H and O–H groups in total. The van der Waals surface area contributed by atoms with Crippen molar-refractivity contribution in [2.24, 2.45) is 12.5 Å². The number of hydrogen-bond donors (Lipinski definition) is 1. The largest absolute Gasteiger partial charge is 0.385 e. The zero-order valence-electron chi connectivity index (χ0n) is 10.9. The zero-order valence-corrected chi connectivity index (χ0v) is 10.9. The molecule has 1 heterocycles. The van der Waals surface area contributed by atoms with Crippen molar-refractivity contribution < 1.29 is 4.74 Å². The first kappa shape index (κ1) is 12.6. The molecule has 1 aliphatic rings. The van der Waals surface area contributed by atoms with Crippen LogP contribution in [0.4, 0.5) is 0 Å². The average molecular weight is 237 g/mol. The Hall–Kier alpha value is -0.870. The van der Waals surface area contributed by atoms with Crippen LogP contribution in [0.25, 0.3) is 0 Å². The highest BCUT2D eigenvalue weighted by atomic mass is 16.5. The van der Waals surface area contributed by atoms with Crippen LogP contribution in [0, 0.1) is 5.41 Å². The van der Waals surface area contributed by atoms with E-state index in [9.17, 15) is 0 Å². The van der Waals surface area contributed by atoms with Crippen LogP contribution in [-0.4, -0.2) is 36.6 Å². The topological polar surface area (TPSA) is 39.1 Å². The van der Waals surface area contributed by atoms with Gasteiger partial charge in [-0.25, -0.2) is 0 Å². The Labute approximate surface area is 103 Å². The fourth-order valence-corrected chi connectivity index (χ4v) is 2.20. The summed E-state index contributed by atoms with van der Waals surface area (Å²) >= 11 is 0. The molecule has 2 rings (SSSR count). The van der Waals surface area contributed by atoms with Crippen LogP contribution >= 0.6 is 0 Å². The Bertz CT molecular complexity index is 344. The zero-order chi connectivity index (χ0) is 12.1. The number of aryl methyl sites for hydroxylation is 1. The summed E-state index contributed by atoms with van der Waals surface area (Å²) in [4.78, 5) is 0. The van der Waals surface area contributed by atoms with Crippen LogP contribution in [0.3, 0.4) is 0 Å². The SMILES string of the molecule is COCCC1(CNCCc2cnn(C)c2)CC1. The summed E-state index contributed by atoms with van der Waals surface area (Å²) < 4.78 is 7.01. The summed E-state index contributed by atoms with van der Waals surface area (Å²) in [7, 11) is 3.74. The van der Waals surface area contributed by atoms with Crippen LogP contribution in [0.5, 0.6) is 0 Å². The lowest BCUT2D eigenvalue weighted by Gasteiger charge is -2.15. The van der Waals surface area contributed by atoms with Gasteiger partial charge in [0.2, 0.25) is 0 Å². The first-order valence-electron chi connectivity index (χ1n) is 6.41. The fraction of sp³-hybridized carbons (Fsp3) is 0.769. The molecule has 0 saturated heterocycles. The van der Waals surface area contributed by atoms with Crippen LogP contribution in [0.1, 0.15) is 24.8 Å². The van der Waals surface area contributed by atoms with Crippen molar-refractivity contribution in [1.82, 2.24) is 15.1 Å². The van der Waals surface area contributed by atoms with Gasteiger partial charge in [-0.05, 0) is 43.2 Å². The van der Waals surface area contributed by atoms with E-state index in [1.807, 2.05) is 17.9 Å². The molecule has 0 atom stereocenters. The molecule has 4 nitrogen and oxygen atoms in total. The summed E-state index contributed by atoms with van der Waals surface area (Å²) in [6.07, 6.45) is 9.00. The van der Waals surface area contributed by atoms with Crippen molar-refractivity contribution >= 4 is 0 Å². The number of rotatable bonds is 8. The van der Waals surface area contributed by atoms with Gasteiger partial charge in [0.05, 0.1) is 6.20 Å². The minimum atomic E-state index is 0.547. The first-order valence-corrected chi connectivity index (χ1v) is 6.41. The quantitative estimate of drug-likeness (QED) is 0.694. The van der Waals surface area contributed by atoms with E-state index in [4.69, 9.17) is 4.74 Å². The molecule has 1 saturated carbocycles. The van der Waals surface area contributed by atoms with Crippen molar-refractivity contribution in [1.29, 1.82) is 0 Å². The molecule has 1 aromatic rings. The molecule has 17 heavy (non-hydrogen) atoms. The second-order valence-corrected chi connectivity index (χ2v) is 5.19. The Morgan fingerprint density at radius 2 is 2.35 bits per heavy atom. The first-order chi connectivity index (χ1) is 8.24. The molecule has 0 radical (unpaired) electrons. The number of nitrogens with one attached hydrogen (secondary N) is 1. The molecule has 0 spiro atoms. The standard InChI is InChI=1S/C13H23N3O/c1-16-10-12(9-15-16)3-7-14-11-13(4-5-13)6-8-17-2/h9-10,14H,3-8,11H2,1-2H3. The third-order valence-corrected chi connectivity index (χ3v) is 3.64. The van der Waals surface area contributed by atoms with Gasteiger partial charge in [0.25, 0.3) is 0 Å². The molecular formula is C13H23N3O. The molecular weight excluding hydrogens is 214 g/mol. The molecule has 0 amide bonds. The van der Waals surface area contributed by atoms with Gasteiger partial charge in [0.15, 0.2) is 0 Å². The minimum absolute atomic E-state index is 0.547. The predicted molar refractivity (Wildman–Crippen MR) is 67.9 cm³/mol. The molecule has 96 valence electrons. The summed E-state index contributed by atoms with van der Waals surface area (Å²) in [6, 6.07) is 0. The lowest BCUT2D eigenvalue weighted by molar-refractivity contribution is 0.171. The number of ether oxygens (including phenoxy) is 1. The molecule has 1 aromatic heterocycles. The third-order valence-electron chi connectivity index (χ3n) is 3.64. The van der Waals surface area contributed by atoms with Crippen molar-refractivity contribution in [3.05, 3.63) is 18.0 Å². The van der Waals surface area contributed by atoms with E-state index >= 15 is 0 Å². The van der Waals surface area contributed by atoms with Crippen molar-refractivity contribution in [2.75, 3.05) is 26.8 Å². The Kier molecular flexibility index (Phi) is 4.18. The van der Waals surface area contributed by atoms with Gasteiger partial charge in [-0.3, -0.25) is 4.68 Å². The molecule has 1 aliphatic carbocycles. The van der Waals surface area contributed by atoms with E-state index in [0.29, 0.717) is 5.41 Å². The summed E-state index contributed by atoms with van der Waals surface area (Å²) in [5.74, 6) is 0. The number of aromatic nitrogens is 2. The van der Waals surface area contributed by atoms with E-state index < -0.39 is 0 Å². The van der Waals surface area contributed by atoms with Crippen molar-refractivity contribution in [3.8, 4) is 0 Å². The summed E-state index contributed by atoms with van der Waals surface area (Å²) in [5.41, 5.74) is 1.85. The summed E-state index contributed by atoms with van der Waals surface area (Å²) in [6.45, 7) is 3.07. The Balaban J connectivity index is 1.60. The molecule has 4 heteroatoms. The van der Waals surface area contributed by atoms with E-state index in [0.717, 1.165) is 26.1 Å². The van der Waals surface area contributed by atoms with E-state index in [1.54, 1.807) is 7.11 Å². The van der Waals surface area contributed by atoms with Gasteiger partial charge in [-0.1, -0.05) is 0 Å². The predicted octanol–water partition coefficient (Wildman–Crippen LogP) is 1.37. The second kappa shape index (κ2) is 5.65. The van der Waals surface area contributed by atoms with E-state index in [2.05, 4.69) is 16.6 Å². The number of nitrogens with zero attached hydrogens (tertiary/aromatic N) is 2. The second-order valence-electron chi connectivity index (χ2n) is 5.19. The van der Waals surface area contributed by atoms with Crippen molar-refractivity contribution in [2.45, 2.75) is 25.7 Å². The number of hydrogen-bond acceptors (Lipinski definition) is 3. The van der Waals surface area contributed by atoms with Gasteiger partial charge >= 0.3 is 0 Å². The molecule has 0 bridgehead atoms. The molecule has 0 aromatic carbocycles.